The zero-order chi connectivity index (χ0) is 18.2. The molecule has 2 aromatic carbocycles. The molecule has 1 aliphatic carbocycles. The van der Waals surface area contributed by atoms with E-state index in [1.165, 1.54) is 6.07 Å². The molecule has 25 heavy (non-hydrogen) atoms. The van der Waals surface area contributed by atoms with Crippen molar-refractivity contribution in [2.75, 3.05) is 10.5 Å². The monoisotopic (exact) mass is 431 g/mol. The lowest BCUT2D eigenvalue weighted by Crippen LogP contribution is -2.14. The molecule has 0 aliphatic heterocycles. The lowest BCUT2D eigenvalue weighted by Gasteiger charge is -2.16. The van der Waals surface area contributed by atoms with Crippen LogP contribution in [0.5, 0.6) is 11.5 Å². The summed E-state index contributed by atoms with van der Waals surface area (Å²) in [6.07, 6.45) is 1.89. The SMILES string of the molecule is CCS(=O)(=O)Nc1cc(Br)c(Oc2ccc(F)cc2F)c(C2CC2)c1. The van der Waals surface area contributed by atoms with Gasteiger partial charge in [0.2, 0.25) is 10.0 Å². The summed E-state index contributed by atoms with van der Waals surface area (Å²) in [7, 11) is -3.41. The van der Waals surface area contributed by atoms with Crippen LogP contribution in [-0.4, -0.2) is 14.2 Å². The first kappa shape index (κ1) is 18.1. The van der Waals surface area contributed by atoms with Gasteiger partial charge in [0, 0.05) is 11.6 Å². The van der Waals surface area contributed by atoms with Crippen molar-refractivity contribution in [3.05, 3.63) is 52.0 Å². The van der Waals surface area contributed by atoms with Crippen LogP contribution in [0.2, 0.25) is 0 Å². The third-order valence-corrected chi connectivity index (χ3v) is 5.74. The molecule has 0 spiro atoms. The molecule has 1 saturated carbocycles. The Morgan fingerprint density at radius 2 is 1.96 bits per heavy atom. The number of rotatable bonds is 6. The Hall–Kier alpha value is -1.67. The average molecular weight is 432 g/mol. The number of hydrogen-bond donors (Lipinski definition) is 1. The number of anilines is 1. The first-order chi connectivity index (χ1) is 11.8. The maximum Gasteiger partial charge on any atom is 0.232 e. The van der Waals surface area contributed by atoms with Gasteiger partial charge in [-0.2, -0.15) is 0 Å². The van der Waals surface area contributed by atoms with Crippen LogP contribution in [0.3, 0.4) is 0 Å². The van der Waals surface area contributed by atoms with Crippen molar-refractivity contribution >= 4 is 31.6 Å². The van der Waals surface area contributed by atoms with E-state index in [9.17, 15) is 17.2 Å². The van der Waals surface area contributed by atoms with E-state index in [0.717, 1.165) is 30.5 Å². The summed E-state index contributed by atoms with van der Waals surface area (Å²) in [6.45, 7) is 1.55. The second-order valence-corrected chi connectivity index (χ2v) is 8.70. The van der Waals surface area contributed by atoms with Gasteiger partial charge in [0.05, 0.1) is 15.9 Å². The van der Waals surface area contributed by atoms with Gasteiger partial charge in [-0.15, -0.1) is 0 Å². The molecule has 1 fully saturated rings. The smallest absolute Gasteiger partial charge is 0.232 e. The molecule has 8 heteroatoms. The summed E-state index contributed by atoms with van der Waals surface area (Å²) in [5.41, 5.74) is 1.20. The topological polar surface area (TPSA) is 55.4 Å². The molecule has 0 aromatic heterocycles. The minimum absolute atomic E-state index is 0.0393. The van der Waals surface area contributed by atoms with E-state index in [1.807, 2.05) is 0 Å². The van der Waals surface area contributed by atoms with Gasteiger partial charge in [0.15, 0.2) is 11.6 Å². The Morgan fingerprint density at radius 1 is 1.24 bits per heavy atom. The van der Waals surface area contributed by atoms with Crippen molar-refractivity contribution in [3.8, 4) is 11.5 Å². The molecule has 0 saturated heterocycles. The molecule has 1 N–H and O–H groups in total. The Bertz CT molecular complexity index is 914. The highest BCUT2D eigenvalue weighted by atomic mass is 79.9. The van der Waals surface area contributed by atoms with Crippen LogP contribution in [0.1, 0.15) is 31.2 Å². The van der Waals surface area contributed by atoms with Crippen molar-refractivity contribution in [2.24, 2.45) is 0 Å². The van der Waals surface area contributed by atoms with Crippen LogP contribution < -0.4 is 9.46 Å². The van der Waals surface area contributed by atoms with Gasteiger partial charge in [0.25, 0.3) is 0 Å². The minimum atomic E-state index is -3.41. The van der Waals surface area contributed by atoms with Gasteiger partial charge in [-0.1, -0.05) is 0 Å². The standard InChI is InChI=1S/C17H16BrF2NO3S/c1-2-25(22,23)21-12-8-13(10-3-4-10)17(14(18)9-12)24-16-6-5-11(19)7-15(16)20/h5-10,21H,2-4H2,1H3. The fourth-order valence-corrected chi connectivity index (χ4v) is 3.58. The third-order valence-electron chi connectivity index (χ3n) is 3.85. The normalized spacial score (nSPS) is 14.4. The van der Waals surface area contributed by atoms with E-state index in [1.54, 1.807) is 19.1 Å². The van der Waals surface area contributed by atoms with E-state index < -0.39 is 21.7 Å². The second kappa shape index (κ2) is 6.92. The quantitative estimate of drug-likeness (QED) is 0.686. The van der Waals surface area contributed by atoms with Crippen molar-refractivity contribution in [1.82, 2.24) is 0 Å². The van der Waals surface area contributed by atoms with Gasteiger partial charge >= 0.3 is 0 Å². The van der Waals surface area contributed by atoms with Crippen LogP contribution in [0.15, 0.2) is 34.8 Å². The maximum absolute atomic E-state index is 13.9. The molecule has 134 valence electrons. The summed E-state index contributed by atoms with van der Waals surface area (Å²) in [6, 6.07) is 6.36. The van der Waals surface area contributed by atoms with E-state index in [2.05, 4.69) is 20.7 Å². The number of hydrogen-bond acceptors (Lipinski definition) is 3. The van der Waals surface area contributed by atoms with E-state index >= 15 is 0 Å². The molecule has 1 aliphatic rings. The molecule has 0 atom stereocenters. The Kier molecular flexibility index (Phi) is 5.02. The molecule has 0 radical (unpaired) electrons. The summed E-state index contributed by atoms with van der Waals surface area (Å²) < 4.78 is 59.2. The molecule has 0 unspecified atom stereocenters. The van der Waals surface area contributed by atoms with Crippen molar-refractivity contribution in [1.29, 1.82) is 0 Å². The molecular formula is C17H16BrF2NO3S. The maximum atomic E-state index is 13.9. The van der Waals surface area contributed by atoms with Gasteiger partial charge in [-0.3, -0.25) is 4.72 Å². The largest absolute Gasteiger partial charge is 0.453 e. The number of ether oxygens (including phenoxy) is 1. The third kappa shape index (κ3) is 4.30. The molecule has 3 rings (SSSR count). The number of benzene rings is 2. The highest BCUT2D eigenvalue weighted by Gasteiger charge is 2.29. The summed E-state index contributed by atoms with van der Waals surface area (Å²) in [4.78, 5) is 0. The van der Waals surface area contributed by atoms with Crippen LogP contribution >= 0.6 is 15.9 Å². The van der Waals surface area contributed by atoms with E-state index in [4.69, 9.17) is 4.74 Å². The predicted octanol–water partition coefficient (Wildman–Crippen LogP) is 5.16. The zero-order valence-corrected chi connectivity index (χ0v) is 15.8. The van der Waals surface area contributed by atoms with E-state index in [-0.39, 0.29) is 17.4 Å². The van der Waals surface area contributed by atoms with Crippen LogP contribution in [0.4, 0.5) is 14.5 Å². The average Bonchev–Trinajstić information content (AvgIpc) is 3.36. The van der Waals surface area contributed by atoms with E-state index in [0.29, 0.717) is 15.9 Å². The Labute approximate surface area is 153 Å². The van der Waals surface area contributed by atoms with Crippen molar-refractivity contribution < 1.29 is 21.9 Å². The van der Waals surface area contributed by atoms with Crippen LogP contribution in [0.25, 0.3) is 0 Å². The second-order valence-electron chi connectivity index (χ2n) is 5.83. The summed E-state index contributed by atoms with van der Waals surface area (Å²) in [5, 5.41) is 0. The van der Waals surface area contributed by atoms with Crippen molar-refractivity contribution in [2.45, 2.75) is 25.7 Å². The lowest BCUT2D eigenvalue weighted by molar-refractivity contribution is 0.431. The highest BCUT2D eigenvalue weighted by molar-refractivity contribution is 9.10. The molecule has 4 nitrogen and oxygen atoms in total. The Morgan fingerprint density at radius 3 is 2.56 bits per heavy atom. The fraction of sp³-hybridized carbons (Fsp3) is 0.294. The molecule has 2 aromatic rings. The summed E-state index contributed by atoms with van der Waals surface area (Å²) in [5.74, 6) is -0.984. The fourth-order valence-electron chi connectivity index (χ4n) is 2.40. The van der Waals surface area contributed by atoms with Gasteiger partial charge in [-0.05, 0) is 65.9 Å². The highest BCUT2D eigenvalue weighted by Crippen LogP contribution is 2.49. The van der Waals surface area contributed by atoms with Crippen molar-refractivity contribution in [3.63, 3.8) is 0 Å². The number of nitrogens with one attached hydrogen (secondary N) is 1. The number of halogens is 3. The van der Waals surface area contributed by atoms with Gasteiger partial charge in [0.1, 0.15) is 11.6 Å². The van der Waals surface area contributed by atoms with Gasteiger partial charge in [-0.25, -0.2) is 17.2 Å². The molecule has 0 amide bonds. The van der Waals surface area contributed by atoms with Crippen LogP contribution in [0, 0.1) is 11.6 Å². The predicted molar refractivity (Wildman–Crippen MR) is 95.6 cm³/mol. The molecule has 0 heterocycles. The molecule has 0 bridgehead atoms. The first-order valence-electron chi connectivity index (χ1n) is 7.76. The lowest BCUT2D eigenvalue weighted by atomic mass is 10.1. The first-order valence-corrected chi connectivity index (χ1v) is 10.2. The minimum Gasteiger partial charge on any atom is -0.453 e. The van der Waals surface area contributed by atoms with Gasteiger partial charge < -0.3 is 4.74 Å². The number of sulfonamides is 1. The van der Waals surface area contributed by atoms with Crippen LogP contribution in [-0.2, 0) is 10.0 Å². The Balaban J connectivity index is 1.99. The molecular weight excluding hydrogens is 416 g/mol. The zero-order valence-electron chi connectivity index (χ0n) is 13.4. The summed E-state index contributed by atoms with van der Waals surface area (Å²) >= 11 is 3.36.